The van der Waals surface area contributed by atoms with Gasteiger partial charge in [0.25, 0.3) is 5.91 Å². The SMILES string of the molecule is O=C(NC(=S)Nc1cc(C(F)(F)F)ccc1N1CCOCC1)c1cc(Cl)ccc1Cl. The molecule has 1 aliphatic rings. The van der Waals surface area contributed by atoms with Gasteiger partial charge in [-0.15, -0.1) is 0 Å². The lowest BCUT2D eigenvalue weighted by molar-refractivity contribution is -0.137. The Balaban J connectivity index is 1.83. The number of ether oxygens (including phenoxy) is 1. The zero-order chi connectivity index (χ0) is 21.9. The number of hydrogen-bond acceptors (Lipinski definition) is 4. The smallest absolute Gasteiger partial charge is 0.378 e. The lowest BCUT2D eigenvalue weighted by Gasteiger charge is -2.31. The van der Waals surface area contributed by atoms with Crippen molar-refractivity contribution in [2.75, 3.05) is 36.5 Å². The van der Waals surface area contributed by atoms with Crippen molar-refractivity contribution in [1.82, 2.24) is 5.32 Å². The van der Waals surface area contributed by atoms with Crippen molar-refractivity contribution in [1.29, 1.82) is 0 Å². The van der Waals surface area contributed by atoms with E-state index in [0.717, 1.165) is 12.1 Å². The summed E-state index contributed by atoms with van der Waals surface area (Å²) in [4.78, 5) is 14.3. The number of rotatable bonds is 3. The first-order chi connectivity index (χ1) is 14.1. The standard InChI is InChI=1S/C19H16Cl2F3N3O2S/c20-12-2-3-14(21)13(10-12)17(28)26-18(30)25-15-9-11(19(22,23)24)1-4-16(15)27-5-7-29-8-6-27/h1-4,9-10H,5-8H2,(H2,25,26,28,30). The van der Waals surface area contributed by atoms with E-state index in [0.29, 0.717) is 37.0 Å². The van der Waals surface area contributed by atoms with Crippen LogP contribution in [0.3, 0.4) is 0 Å². The van der Waals surface area contributed by atoms with E-state index in [9.17, 15) is 18.0 Å². The van der Waals surface area contributed by atoms with Crippen LogP contribution in [0.25, 0.3) is 0 Å². The average molecular weight is 478 g/mol. The molecule has 160 valence electrons. The Labute approximate surface area is 186 Å². The zero-order valence-electron chi connectivity index (χ0n) is 15.4. The van der Waals surface area contributed by atoms with Gasteiger partial charge in [0.2, 0.25) is 0 Å². The summed E-state index contributed by atoms with van der Waals surface area (Å²) >= 11 is 17.0. The van der Waals surface area contributed by atoms with Crippen molar-refractivity contribution in [3.63, 3.8) is 0 Å². The highest BCUT2D eigenvalue weighted by molar-refractivity contribution is 7.80. The molecule has 1 amide bonds. The Hall–Kier alpha value is -2.07. The fraction of sp³-hybridized carbons (Fsp3) is 0.263. The van der Waals surface area contributed by atoms with Crippen LogP contribution in [0.2, 0.25) is 10.0 Å². The van der Waals surface area contributed by atoms with Crippen LogP contribution in [0.5, 0.6) is 0 Å². The van der Waals surface area contributed by atoms with E-state index in [1.165, 1.54) is 24.3 Å². The first-order valence-electron chi connectivity index (χ1n) is 8.76. The lowest BCUT2D eigenvalue weighted by atomic mass is 10.1. The molecule has 0 unspecified atom stereocenters. The van der Waals surface area contributed by atoms with Gasteiger partial charge in [-0.25, -0.2) is 0 Å². The number of benzene rings is 2. The molecule has 1 saturated heterocycles. The van der Waals surface area contributed by atoms with Gasteiger partial charge in [-0.05, 0) is 48.6 Å². The first kappa shape index (κ1) is 22.6. The minimum atomic E-state index is -4.53. The van der Waals surface area contributed by atoms with Gasteiger partial charge in [0, 0.05) is 18.1 Å². The summed E-state index contributed by atoms with van der Waals surface area (Å²) in [6.45, 7) is 1.93. The first-order valence-corrected chi connectivity index (χ1v) is 9.93. The van der Waals surface area contributed by atoms with Crippen molar-refractivity contribution >= 4 is 57.8 Å². The molecule has 0 atom stereocenters. The largest absolute Gasteiger partial charge is 0.416 e. The number of nitrogens with zero attached hydrogens (tertiary/aromatic N) is 1. The number of amides is 1. The van der Waals surface area contributed by atoms with E-state index in [2.05, 4.69) is 10.6 Å². The maximum absolute atomic E-state index is 13.2. The molecule has 5 nitrogen and oxygen atoms in total. The summed E-state index contributed by atoms with van der Waals surface area (Å²) in [6.07, 6.45) is -4.53. The van der Waals surface area contributed by atoms with Gasteiger partial charge in [-0.1, -0.05) is 23.2 Å². The second kappa shape index (κ2) is 9.38. The summed E-state index contributed by atoms with van der Waals surface area (Å²) in [5.74, 6) is -0.639. The van der Waals surface area contributed by atoms with Crippen LogP contribution >= 0.6 is 35.4 Å². The molecule has 2 aromatic carbocycles. The Morgan fingerprint density at radius 3 is 2.47 bits per heavy atom. The minimum absolute atomic E-state index is 0.0887. The van der Waals surface area contributed by atoms with Crippen LogP contribution in [-0.2, 0) is 10.9 Å². The molecule has 0 bridgehead atoms. The van der Waals surface area contributed by atoms with E-state index in [-0.39, 0.29) is 21.4 Å². The van der Waals surface area contributed by atoms with Crippen LogP contribution in [0.4, 0.5) is 24.5 Å². The van der Waals surface area contributed by atoms with E-state index in [4.69, 9.17) is 40.2 Å². The minimum Gasteiger partial charge on any atom is -0.378 e. The summed E-state index contributed by atoms with van der Waals surface area (Å²) in [5, 5.41) is 5.40. The highest BCUT2D eigenvalue weighted by Crippen LogP contribution is 2.35. The molecule has 3 rings (SSSR count). The number of thiocarbonyl (C=S) groups is 1. The van der Waals surface area contributed by atoms with Crippen molar-refractivity contribution < 1.29 is 22.7 Å². The van der Waals surface area contributed by atoms with Gasteiger partial charge in [-0.3, -0.25) is 10.1 Å². The molecule has 0 aliphatic carbocycles. The topological polar surface area (TPSA) is 53.6 Å². The van der Waals surface area contributed by atoms with Crippen LogP contribution in [0.1, 0.15) is 15.9 Å². The molecular formula is C19H16Cl2F3N3O2S. The molecule has 0 saturated carbocycles. The third-order valence-corrected chi connectivity index (χ3v) is 5.09. The summed E-state index contributed by atoms with van der Waals surface area (Å²) in [6, 6.07) is 7.67. The molecule has 2 N–H and O–H groups in total. The molecular weight excluding hydrogens is 462 g/mol. The third-order valence-electron chi connectivity index (χ3n) is 4.32. The number of nitrogens with one attached hydrogen (secondary N) is 2. The highest BCUT2D eigenvalue weighted by Gasteiger charge is 2.32. The Morgan fingerprint density at radius 1 is 1.10 bits per heavy atom. The fourth-order valence-electron chi connectivity index (χ4n) is 2.89. The Kier molecular flexibility index (Phi) is 7.07. The maximum Gasteiger partial charge on any atom is 0.416 e. The van der Waals surface area contributed by atoms with Gasteiger partial charge in [0.05, 0.1) is 40.7 Å². The number of carbonyl (C=O) groups is 1. The third kappa shape index (κ3) is 5.54. The molecule has 0 spiro atoms. The predicted molar refractivity (Wildman–Crippen MR) is 115 cm³/mol. The molecule has 0 aromatic heterocycles. The van der Waals surface area contributed by atoms with Crippen molar-refractivity contribution in [2.24, 2.45) is 0 Å². The normalized spacial score (nSPS) is 14.4. The number of alkyl halides is 3. The average Bonchev–Trinajstić information content (AvgIpc) is 2.69. The molecule has 30 heavy (non-hydrogen) atoms. The Bertz CT molecular complexity index is 967. The monoisotopic (exact) mass is 477 g/mol. The van der Waals surface area contributed by atoms with Gasteiger partial charge in [0.15, 0.2) is 5.11 Å². The number of carbonyl (C=O) groups excluding carboxylic acids is 1. The van der Waals surface area contributed by atoms with Crippen LogP contribution < -0.4 is 15.5 Å². The van der Waals surface area contributed by atoms with E-state index in [1.54, 1.807) is 0 Å². The summed E-state index contributed by atoms with van der Waals surface area (Å²) < 4.78 is 44.9. The molecule has 11 heteroatoms. The second-order valence-electron chi connectivity index (χ2n) is 6.36. The maximum atomic E-state index is 13.2. The van der Waals surface area contributed by atoms with Gasteiger partial charge in [-0.2, -0.15) is 13.2 Å². The number of halogens is 5. The van der Waals surface area contributed by atoms with Crippen LogP contribution in [0.15, 0.2) is 36.4 Å². The number of morpholine rings is 1. The van der Waals surface area contributed by atoms with E-state index in [1.807, 2.05) is 4.90 Å². The highest BCUT2D eigenvalue weighted by atomic mass is 35.5. The number of anilines is 2. The number of hydrogen-bond donors (Lipinski definition) is 2. The zero-order valence-corrected chi connectivity index (χ0v) is 17.7. The van der Waals surface area contributed by atoms with Gasteiger partial charge >= 0.3 is 6.18 Å². The van der Waals surface area contributed by atoms with Crippen LogP contribution in [0, 0.1) is 0 Å². The van der Waals surface area contributed by atoms with Gasteiger partial charge in [0.1, 0.15) is 0 Å². The molecule has 1 heterocycles. The van der Waals surface area contributed by atoms with Crippen LogP contribution in [-0.4, -0.2) is 37.3 Å². The van der Waals surface area contributed by atoms with E-state index >= 15 is 0 Å². The van der Waals surface area contributed by atoms with Crippen molar-refractivity contribution in [2.45, 2.75) is 6.18 Å². The molecule has 1 aliphatic heterocycles. The molecule has 2 aromatic rings. The Morgan fingerprint density at radius 2 is 1.80 bits per heavy atom. The molecule has 0 radical (unpaired) electrons. The fourth-order valence-corrected chi connectivity index (χ4v) is 3.47. The summed E-state index contributed by atoms with van der Waals surface area (Å²) in [7, 11) is 0. The second-order valence-corrected chi connectivity index (χ2v) is 7.61. The predicted octanol–water partition coefficient (Wildman–Crippen LogP) is 4.98. The van der Waals surface area contributed by atoms with E-state index < -0.39 is 17.6 Å². The lowest BCUT2D eigenvalue weighted by Crippen LogP contribution is -2.38. The summed E-state index contributed by atoms with van der Waals surface area (Å²) in [5.41, 5.74) is -0.113. The van der Waals surface area contributed by atoms with Gasteiger partial charge < -0.3 is 15.0 Å². The van der Waals surface area contributed by atoms with Crippen molar-refractivity contribution in [3.8, 4) is 0 Å². The quantitative estimate of drug-likeness (QED) is 0.610. The van der Waals surface area contributed by atoms with Crippen molar-refractivity contribution in [3.05, 3.63) is 57.6 Å². The molecule has 1 fully saturated rings.